The Kier molecular flexibility index (Phi) is 14.6. The molecule has 3 N–H and O–H groups in total. The Morgan fingerprint density at radius 3 is 1.63 bits per heavy atom. The predicted molar refractivity (Wildman–Crippen MR) is 254 cm³/mol. The Morgan fingerprint density at radius 2 is 1.13 bits per heavy atom. The molecule has 6 aromatic rings. The van der Waals surface area contributed by atoms with Crippen LogP contribution >= 0.6 is 46.4 Å². The lowest BCUT2D eigenvalue weighted by Crippen LogP contribution is -2.38. The van der Waals surface area contributed by atoms with Crippen LogP contribution < -0.4 is 16.0 Å². The van der Waals surface area contributed by atoms with Crippen molar-refractivity contribution < 1.29 is 33.2 Å². The van der Waals surface area contributed by atoms with E-state index in [4.69, 9.17) is 74.8 Å². The fraction of sp³-hybridized carbons (Fsp3) is 0.489. The highest BCUT2D eigenvalue weighted by molar-refractivity contribution is 6.31. The number of hydrogen-bond acceptors (Lipinski definition) is 16. The molecule has 358 valence electrons. The monoisotopic (exact) mass is 999 g/mol. The fourth-order valence-electron chi connectivity index (χ4n) is 8.53. The number of rotatable bonds is 13. The third-order valence-corrected chi connectivity index (χ3v) is 12.4. The predicted octanol–water partition coefficient (Wildman–Crippen LogP) is 8.41. The summed E-state index contributed by atoms with van der Waals surface area (Å²) in [6.07, 6.45) is 0.218. The number of aromatic nitrogens is 8. The fourth-order valence-corrected chi connectivity index (χ4v) is 9.26. The SMILES string of the molecule is C.CC(C)CNC[C@H]1O[C@@H](n2ncc3c(NCc4ccccc4Cl)nc(Cl)nc32)[C@@H]2OC(C)(C)O[C@@H]21.CC1(C)O[C@@H]2[C@H](O1)[C@@H](C=O)O[C@H]2n1ncc2c(NCc3ccccc3Cl)nc(Cl)nc21. The van der Waals surface area contributed by atoms with Gasteiger partial charge in [-0.25, -0.2) is 9.36 Å². The minimum absolute atomic E-state index is 0. The van der Waals surface area contributed by atoms with Gasteiger partial charge in [0, 0.05) is 29.7 Å². The molecule has 10 rings (SSSR count). The van der Waals surface area contributed by atoms with E-state index in [2.05, 4.69) is 59.9 Å². The molecule has 67 heavy (non-hydrogen) atoms. The van der Waals surface area contributed by atoms with Gasteiger partial charge < -0.3 is 49.2 Å². The molecular weight excluding hydrogens is 948 g/mol. The zero-order valence-electron chi connectivity index (χ0n) is 36.8. The van der Waals surface area contributed by atoms with Crippen LogP contribution in [0.15, 0.2) is 60.9 Å². The van der Waals surface area contributed by atoms with Gasteiger partial charge in [-0.05, 0) is 86.6 Å². The molecule has 8 atom stereocenters. The van der Waals surface area contributed by atoms with Crippen LogP contribution in [-0.4, -0.2) is 107 Å². The summed E-state index contributed by atoms with van der Waals surface area (Å²) in [6, 6.07) is 15.2. The molecule has 0 bridgehead atoms. The second kappa shape index (κ2) is 20.0. The number of benzene rings is 2. The maximum absolute atomic E-state index is 11.5. The molecule has 18 nitrogen and oxygen atoms in total. The van der Waals surface area contributed by atoms with Gasteiger partial charge in [-0.1, -0.05) is 80.9 Å². The van der Waals surface area contributed by atoms with Crippen LogP contribution in [0.1, 0.15) is 72.6 Å². The molecule has 4 aliphatic rings. The standard InChI is InChI=1S/C24H30Cl2N6O3.C20H19Cl2N5O4.CH4/c1-13(2)9-27-12-17-18-19(35-24(3,4)34-18)22(33-17)32-21-15(11-29-32)20(30-23(26)31-21)28-10-14-7-5-6-8-16(14)25;1-20(2)30-14-13(9-28)29-18(15(14)31-20)27-17-11(8-24-27)16(25-19(22)26-17)23-7-10-5-3-4-6-12(10)21;/h5-8,11,13,17-19,22,27H,9-10,12H2,1-4H3,(H,28,30,31);3-6,8-9,13-15,18H,7H2,1-2H3,(H,23,25,26);1H4/t17-,18-,19-,22-;13-,14-,15-,18-;/m11./s1. The van der Waals surface area contributed by atoms with Crippen LogP contribution in [0.2, 0.25) is 20.6 Å². The normalized spacial score (nSPS) is 25.7. The zero-order chi connectivity index (χ0) is 46.5. The molecule has 0 unspecified atom stereocenters. The van der Waals surface area contributed by atoms with Crippen molar-refractivity contribution in [2.45, 2.75) is 123 Å². The van der Waals surface area contributed by atoms with Crippen molar-refractivity contribution in [3.8, 4) is 0 Å². The number of carbonyl (C=O) groups excluding carboxylic acids is 1. The molecule has 8 heterocycles. The number of aldehydes is 1. The summed E-state index contributed by atoms with van der Waals surface area (Å²) < 4.78 is 39.9. The summed E-state index contributed by atoms with van der Waals surface area (Å²) in [5, 5.41) is 21.9. The Balaban J connectivity index is 0.000000180. The molecule has 0 saturated carbocycles. The van der Waals surface area contributed by atoms with Crippen LogP contribution in [0.3, 0.4) is 0 Å². The molecule has 4 fully saturated rings. The van der Waals surface area contributed by atoms with Crippen molar-refractivity contribution in [1.29, 1.82) is 0 Å². The van der Waals surface area contributed by atoms with E-state index in [1.807, 2.05) is 62.4 Å². The molecule has 22 heteroatoms. The lowest BCUT2D eigenvalue weighted by atomic mass is 10.1. The Morgan fingerprint density at radius 1 is 0.672 bits per heavy atom. The zero-order valence-corrected chi connectivity index (χ0v) is 39.8. The van der Waals surface area contributed by atoms with Gasteiger partial charge in [0.2, 0.25) is 10.6 Å². The highest BCUT2D eigenvalue weighted by Crippen LogP contribution is 2.45. The minimum atomic E-state index is -0.837. The summed E-state index contributed by atoms with van der Waals surface area (Å²) in [4.78, 5) is 29.0. The van der Waals surface area contributed by atoms with E-state index in [1.54, 1.807) is 35.6 Å². The van der Waals surface area contributed by atoms with Crippen molar-refractivity contribution in [2.24, 2.45) is 5.92 Å². The topological polar surface area (TPSA) is 196 Å². The smallest absolute Gasteiger partial charge is 0.226 e. The van der Waals surface area contributed by atoms with Crippen LogP contribution in [0.5, 0.6) is 0 Å². The molecule has 0 aliphatic carbocycles. The van der Waals surface area contributed by atoms with E-state index in [9.17, 15) is 4.79 Å². The maximum atomic E-state index is 11.5. The molecule has 0 amide bonds. The van der Waals surface area contributed by atoms with Crippen LogP contribution in [0.4, 0.5) is 11.6 Å². The van der Waals surface area contributed by atoms with E-state index >= 15 is 0 Å². The average molecular weight is 1000 g/mol. The molecule has 2 aromatic carbocycles. The van der Waals surface area contributed by atoms with Crippen molar-refractivity contribution in [3.05, 3.63) is 92.7 Å². The van der Waals surface area contributed by atoms with E-state index < -0.39 is 42.3 Å². The third kappa shape index (κ3) is 10.4. The number of fused-ring (bicyclic) bond motifs is 4. The maximum Gasteiger partial charge on any atom is 0.226 e. The number of carbonyl (C=O) groups is 1. The van der Waals surface area contributed by atoms with Gasteiger partial charge in [0.15, 0.2) is 41.6 Å². The third-order valence-electron chi connectivity index (χ3n) is 11.4. The van der Waals surface area contributed by atoms with Gasteiger partial charge in [0.25, 0.3) is 0 Å². The number of nitrogens with one attached hydrogen (secondary N) is 3. The highest BCUT2D eigenvalue weighted by atomic mass is 35.5. The average Bonchev–Trinajstić information content (AvgIpc) is 4.12. The van der Waals surface area contributed by atoms with Gasteiger partial charge in [-0.3, -0.25) is 0 Å². The summed E-state index contributed by atoms with van der Waals surface area (Å²) in [7, 11) is 0. The van der Waals surface area contributed by atoms with Crippen molar-refractivity contribution in [3.63, 3.8) is 0 Å². The number of hydrogen-bond donors (Lipinski definition) is 3. The van der Waals surface area contributed by atoms with Gasteiger partial charge in [-0.2, -0.15) is 30.1 Å². The Hall–Kier alpha value is -4.31. The first-order valence-electron chi connectivity index (χ1n) is 21.5. The van der Waals surface area contributed by atoms with E-state index in [-0.39, 0.29) is 36.3 Å². The molecule has 0 spiro atoms. The molecule has 4 aromatic heterocycles. The van der Waals surface area contributed by atoms with E-state index in [1.165, 1.54) is 0 Å². The first kappa shape index (κ1) is 49.1. The van der Waals surface area contributed by atoms with Gasteiger partial charge >= 0.3 is 0 Å². The van der Waals surface area contributed by atoms with Gasteiger partial charge in [-0.15, -0.1) is 0 Å². The Labute approximate surface area is 407 Å². The summed E-state index contributed by atoms with van der Waals surface area (Å²) in [6.45, 7) is 14.2. The summed E-state index contributed by atoms with van der Waals surface area (Å²) >= 11 is 25.1. The highest BCUT2D eigenvalue weighted by Gasteiger charge is 2.57. The molecule has 4 saturated heterocycles. The van der Waals surface area contributed by atoms with E-state index in [0.29, 0.717) is 70.2 Å². The second-order valence-corrected chi connectivity index (χ2v) is 19.1. The lowest BCUT2D eigenvalue weighted by molar-refractivity contribution is -0.197. The summed E-state index contributed by atoms with van der Waals surface area (Å²) in [5.74, 6) is 0.0537. The van der Waals surface area contributed by atoms with Crippen molar-refractivity contribution in [2.75, 3.05) is 23.7 Å². The van der Waals surface area contributed by atoms with Gasteiger partial charge in [0.05, 0.1) is 23.2 Å². The number of nitrogens with zero attached hydrogens (tertiary/aromatic N) is 8. The number of halogens is 4. The first-order valence-corrected chi connectivity index (χ1v) is 23.0. The summed E-state index contributed by atoms with van der Waals surface area (Å²) in [5.41, 5.74) is 2.86. The van der Waals surface area contributed by atoms with Crippen LogP contribution in [-0.2, 0) is 46.3 Å². The van der Waals surface area contributed by atoms with Crippen molar-refractivity contribution >= 4 is 86.4 Å². The van der Waals surface area contributed by atoms with Gasteiger partial charge in [0.1, 0.15) is 48.3 Å². The Bertz CT molecular complexity index is 2720. The minimum Gasteiger partial charge on any atom is -0.365 e. The number of ether oxygens (including phenoxy) is 6. The first-order chi connectivity index (χ1) is 31.6. The van der Waals surface area contributed by atoms with E-state index in [0.717, 1.165) is 23.1 Å². The van der Waals surface area contributed by atoms with Crippen LogP contribution in [0, 0.1) is 5.92 Å². The van der Waals surface area contributed by atoms with Crippen molar-refractivity contribution in [1.82, 2.24) is 44.8 Å². The molecular formula is C45H53Cl4N11O7. The lowest BCUT2D eigenvalue weighted by Gasteiger charge is -2.24. The molecule has 4 aliphatic heterocycles. The quantitative estimate of drug-likeness (QED) is 0.0736. The number of anilines is 2. The van der Waals surface area contributed by atoms with Crippen LogP contribution in [0.25, 0.3) is 22.1 Å². The molecule has 0 radical (unpaired) electrons. The largest absolute Gasteiger partial charge is 0.365 e. The second-order valence-electron chi connectivity index (χ2n) is 17.6.